The van der Waals surface area contributed by atoms with E-state index in [9.17, 15) is 4.79 Å². The highest BCUT2D eigenvalue weighted by Gasteiger charge is 2.25. The molecule has 1 N–H and O–H groups in total. The largest absolute Gasteiger partial charge is 0.348 e. The molecule has 118 valence electrons. The molecule has 0 spiro atoms. The quantitative estimate of drug-likeness (QED) is 0.919. The van der Waals surface area contributed by atoms with E-state index in [1.54, 1.807) is 12.4 Å². The molecule has 0 saturated carbocycles. The second-order valence-electron chi connectivity index (χ2n) is 5.92. The first-order valence-corrected chi connectivity index (χ1v) is 7.99. The zero-order valence-electron chi connectivity index (χ0n) is 13.0. The lowest BCUT2D eigenvalue weighted by atomic mass is 9.97. The number of amides is 1. The summed E-state index contributed by atoms with van der Waals surface area (Å²) in [5.74, 6) is 2.62. The molecule has 1 amide bonds. The molecule has 2 aromatic heterocycles. The van der Waals surface area contributed by atoms with Gasteiger partial charge in [-0.15, -0.1) is 0 Å². The summed E-state index contributed by atoms with van der Waals surface area (Å²) in [6, 6.07) is 0. The SMILES string of the molecule is Cc1nccn1CCCC(=O)N1CCCC(c2ncc[nH]2)C1. The van der Waals surface area contributed by atoms with Crippen LogP contribution in [0.25, 0.3) is 0 Å². The van der Waals surface area contributed by atoms with Crippen LogP contribution in [0, 0.1) is 6.92 Å². The van der Waals surface area contributed by atoms with Crippen molar-refractivity contribution < 1.29 is 4.79 Å². The highest BCUT2D eigenvalue weighted by Crippen LogP contribution is 2.24. The van der Waals surface area contributed by atoms with E-state index in [2.05, 4.69) is 19.5 Å². The Kier molecular flexibility index (Phi) is 4.56. The summed E-state index contributed by atoms with van der Waals surface area (Å²) in [6.45, 7) is 4.50. The fourth-order valence-corrected chi connectivity index (χ4v) is 3.13. The Bertz CT molecular complexity index is 604. The van der Waals surface area contributed by atoms with Crippen molar-refractivity contribution in [3.8, 4) is 0 Å². The van der Waals surface area contributed by atoms with Crippen molar-refractivity contribution in [2.45, 2.75) is 45.1 Å². The highest BCUT2D eigenvalue weighted by atomic mass is 16.2. The smallest absolute Gasteiger partial charge is 0.222 e. The molecule has 2 aromatic rings. The molecule has 22 heavy (non-hydrogen) atoms. The Morgan fingerprint density at radius 3 is 3.05 bits per heavy atom. The van der Waals surface area contributed by atoms with Gasteiger partial charge in [0.2, 0.25) is 5.91 Å². The van der Waals surface area contributed by atoms with Crippen LogP contribution >= 0.6 is 0 Å². The number of aromatic amines is 1. The zero-order chi connectivity index (χ0) is 15.4. The molecule has 3 rings (SSSR count). The first kappa shape index (κ1) is 14.8. The third-order valence-corrected chi connectivity index (χ3v) is 4.39. The summed E-state index contributed by atoms with van der Waals surface area (Å²) in [4.78, 5) is 26.1. The fraction of sp³-hybridized carbons (Fsp3) is 0.562. The summed E-state index contributed by atoms with van der Waals surface area (Å²) in [5, 5.41) is 0. The minimum atomic E-state index is 0.258. The number of aromatic nitrogens is 4. The molecule has 0 aromatic carbocycles. The van der Waals surface area contributed by atoms with Gasteiger partial charge in [-0.25, -0.2) is 9.97 Å². The van der Waals surface area contributed by atoms with E-state index in [0.717, 1.165) is 50.5 Å². The van der Waals surface area contributed by atoms with Gasteiger partial charge in [-0.05, 0) is 26.2 Å². The second kappa shape index (κ2) is 6.77. The van der Waals surface area contributed by atoms with Crippen molar-refractivity contribution >= 4 is 5.91 Å². The van der Waals surface area contributed by atoms with Crippen LogP contribution in [0.1, 0.15) is 43.3 Å². The first-order chi connectivity index (χ1) is 10.7. The number of hydrogen-bond donors (Lipinski definition) is 1. The maximum atomic E-state index is 12.4. The van der Waals surface area contributed by atoms with Crippen LogP contribution in [0.5, 0.6) is 0 Å². The number of nitrogens with zero attached hydrogens (tertiary/aromatic N) is 4. The van der Waals surface area contributed by atoms with Gasteiger partial charge in [0.25, 0.3) is 0 Å². The average Bonchev–Trinajstić information content (AvgIpc) is 3.20. The number of aryl methyl sites for hydroxylation is 2. The predicted molar refractivity (Wildman–Crippen MR) is 83.3 cm³/mol. The third-order valence-electron chi connectivity index (χ3n) is 4.39. The molecular weight excluding hydrogens is 278 g/mol. The molecular formula is C16H23N5O. The standard InChI is InChI=1S/C16H23N5O/c1-13-17-8-11-20(13)9-3-5-15(22)21-10-2-4-14(12-21)16-18-6-7-19-16/h6-8,11,14H,2-5,9-10,12H2,1H3,(H,18,19). The molecule has 1 saturated heterocycles. The van der Waals surface area contributed by atoms with E-state index in [4.69, 9.17) is 0 Å². The first-order valence-electron chi connectivity index (χ1n) is 7.99. The molecule has 1 aliphatic heterocycles. The van der Waals surface area contributed by atoms with Crippen molar-refractivity contribution in [3.05, 3.63) is 36.4 Å². The Labute approximate surface area is 130 Å². The van der Waals surface area contributed by atoms with Gasteiger partial charge in [-0.2, -0.15) is 0 Å². The molecule has 0 aliphatic carbocycles. The van der Waals surface area contributed by atoms with Gasteiger partial charge in [0.05, 0.1) is 0 Å². The number of hydrogen-bond acceptors (Lipinski definition) is 3. The number of carbonyl (C=O) groups excluding carboxylic acids is 1. The lowest BCUT2D eigenvalue weighted by Gasteiger charge is -2.32. The number of carbonyl (C=O) groups is 1. The minimum absolute atomic E-state index is 0.258. The molecule has 1 atom stereocenters. The van der Waals surface area contributed by atoms with Crippen molar-refractivity contribution in [2.24, 2.45) is 0 Å². The molecule has 1 aliphatic rings. The zero-order valence-corrected chi connectivity index (χ0v) is 13.0. The van der Waals surface area contributed by atoms with Gasteiger partial charge in [0, 0.05) is 56.8 Å². The number of piperidine rings is 1. The number of rotatable bonds is 5. The van der Waals surface area contributed by atoms with E-state index in [-0.39, 0.29) is 5.91 Å². The Balaban J connectivity index is 1.48. The molecule has 1 fully saturated rings. The summed E-state index contributed by atoms with van der Waals surface area (Å²) in [7, 11) is 0. The van der Waals surface area contributed by atoms with Gasteiger partial charge in [0.15, 0.2) is 0 Å². The van der Waals surface area contributed by atoms with Gasteiger partial charge < -0.3 is 14.5 Å². The van der Waals surface area contributed by atoms with Crippen LogP contribution < -0.4 is 0 Å². The summed E-state index contributed by atoms with van der Waals surface area (Å²) in [5.41, 5.74) is 0. The van der Waals surface area contributed by atoms with Crippen molar-refractivity contribution in [2.75, 3.05) is 13.1 Å². The lowest BCUT2D eigenvalue weighted by molar-refractivity contribution is -0.132. The van der Waals surface area contributed by atoms with Gasteiger partial charge in [-0.1, -0.05) is 0 Å². The number of imidazole rings is 2. The predicted octanol–water partition coefficient (Wildman–Crippen LogP) is 2.10. The summed E-state index contributed by atoms with van der Waals surface area (Å²) < 4.78 is 2.09. The van der Waals surface area contributed by atoms with Gasteiger partial charge in [0.1, 0.15) is 11.6 Å². The molecule has 0 radical (unpaired) electrons. The molecule has 1 unspecified atom stereocenters. The number of likely N-dealkylation sites (tertiary alicyclic amines) is 1. The van der Waals surface area contributed by atoms with Crippen molar-refractivity contribution in [1.29, 1.82) is 0 Å². The normalized spacial score (nSPS) is 18.6. The highest BCUT2D eigenvalue weighted by molar-refractivity contribution is 5.76. The Morgan fingerprint density at radius 2 is 2.32 bits per heavy atom. The lowest BCUT2D eigenvalue weighted by Crippen LogP contribution is -2.39. The third kappa shape index (κ3) is 3.37. The van der Waals surface area contributed by atoms with Crippen LogP contribution in [0.15, 0.2) is 24.8 Å². The summed E-state index contributed by atoms with van der Waals surface area (Å²) >= 11 is 0. The van der Waals surface area contributed by atoms with Crippen molar-refractivity contribution in [3.63, 3.8) is 0 Å². The van der Waals surface area contributed by atoms with Crippen LogP contribution in [-0.4, -0.2) is 43.4 Å². The topological polar surface area (TPSA) is 66.8 Å². The van der Waals surface area contributed by atoms with Crippen molar-refractivity contribution in [1.82, 2.24) is 24.4 Å². The molecule has 6 heteroatoms. The van der Waals surface area contributed by atoms with Gasteiger partial charge in [-0.3, -0.25) is 4.79 Å². The van der Waals surface area contributed by atoms with E-state index in [1.807, 2.05) is 24.2 Å². The maximum Gasteiger partial charge on any atom is 0.222 e. The molecule has 3 heterocycles. The summed E-state index contributed by atoms with van der Waals surface area (Å²) in [6.07, 6.45) is 11.0. The monoisotopic (exact) mass is 301 g/mol. The second-order valence-corrected chi connectivity index (χ2v) is 5.92. The van der Waals surface area contributed by atoms with E-state index < -0.39 is 0 Å². The fourth-order valence-electron chi connectivity index (χ4n) is 3.13. The minimum Gasteiger partial charge on any atom is -0.348 e. The van der Waals surface area contributed by atoms with Crippen LogP contribution in [0.2, 0.25) is 0 Å². The molecule has 0 bridgehead atoms. The number of H-pyrrole nitrogens is 1. The van der Waals surface area contributed by atoms with E-state index >= 15 is 0 Å². The maximum absolute atomic E-state index is 12.4. The Morgan fingerprint density at radius 1 is 1.41 bits per heavy atom. The van der Waals surface area contributed by atoms with Crippen LogP contribution in [-0.2, 0) is 11.3 Å². The van der Waals surface area contributed by atoms with Crippen LogP contribution in [0.4, 0.5) is 0 Å². The van der Waals surface area contributed by atoms with E-state index in [1.165, 1.54) is 0 Å². The molecule has 6 nitrogen and oxygen atoms in total. The van der Waals surface area contributed by atoms with Gasteiger partial charge >= 0.3 is 0 Å². The Hall–Kier alpha value is -2.11. The average molecular weight is 301 g/mol. The number of nitrogens with one attached hydrogen (secondary N) is 1. The van der Waals surface area contributed by atoms with E-state index in [0.29, 0.717) is 12.3 Å². The van der Waals surface area contributed by atoms with Crippen LogP contribution in [0.3, 0.4) is 0 Å².